The molecule has 28 heavy (non-hydrogen) atoms. The van der Waals surface area contributed by atoms with Gasteiger partial charge in [0.25, 0.3) is 0 Å². The third-order valence-electron chi connectivity index (χ3n) is 4.36. The Kier molecular flexibility index (Phi) is 6.38. The first-order valence-corrected chi connectivity index (χ1v) is 11.4. The van der Waals surface area contributed by atoms with Crippen molar-refractivity contribution in [1.29, 1.82) is 0 Å². The molecule has 0 bridgehead atoms. The number of piperazine rings is 1. The van der Waals surface area contributed by atoms with Gasteiger partial charge in [-0.25, -0.2) is 8.42 Å². The number of hydrogen-bond donors (Lipinski definition) is 2. The summed E-state index contributed by atoms with van der Waals surface area (Å²) in [5.74, 6) is -0.896. The normalized spacial score (nSPS) is 17.8. The SMILES string of the molecule is CSc1cccc(NC(=O)C[C@H]2C(=O)NCCN2S(=O)(=O)c2ccccc2)c1. The van der Waals surface area contributed by atoms with Crippen LogP contribution in [0, 0.1) is 0 Å². The molecule has 0 aromatic heterocycles. The molecular weight excluding hydrogens is 398 g/mol. The second-order valence-corrected chi connectivity index (χ2v) is 8.99. The predicted octanol–water partition coefficient (Wildman–Crippen LogP) is 1.93. The van der Waals surface area contributed by atoms with E-state index in [2.05, 4.69) is 10.6 Å². The van der Waals surface area contributed by atoms with Crippen LogP contribution in [0.4, 0.5) is 5.69 Å². The molecule has 2 aromatic rings. The molecule has 148 valence electrons. The lowest BCUT2D eigenvalue weighted by Gasteiger charge is -2.33. The van der Waals surface area contributed by atoms with Crippen LogP contribution in [0.5, 0.6) is 0 Å². The lowest BCUT2D eigenvalue weighted by atomic mass is 10.1. The molecule has 9 heteroatoms. The van der Waals surface area contributed by atoms with Crippen molar-refractivity contribution in [2.24, 2.45) is 0 Å². The molecule has 0 spiro atoms. The average molecular weight is 420 g/mol. The second kappa shape index (κ2) is 8.76. The van der Waals surface area contributed by atoms with Crippen LogP contribution in [0.2, 0.25) is 0 Å². The molecule has 1 heterocycles. The number of carbonyl (C=O) groups is 2. The van der Waals surface area contributed by atoms with Gasteiger partial charge >= 0.3 is 0 Å². The number of thioether (sulfide) groups is 1. The Bertz CT molecular complexity index is 964. The van der Waals surface area contributed by atoms with Gasteiger partial charge in [-0.1, -0.05) is 24.3 Å². The van der Waals surface area contributed by atoms with Gasteiger partial charge in [0.15, 0.2) is 0 Å². The first-order chi connectivity index (χ1) is 13.4. The van der Waals surface area contributed by atoms with Gasteiger partial charge in [-0.2, -0.15) is 4.31 Å². The van der Waals surface area contributed by atoms with Gasteiger partial charge in [0.2, 0.25) is 21.8 Å². The molecule has 2 amide bonds. The Morgan fingerprint density at radius 2 is 1.96 bits per heavy atom. The smallest absolute Gasteiger partial charge is 0.243 e. The highest BCUT2D eigenvalue weighted by atomic mass is 32.2. The maximum Gasteiger partial charge on any atom is 0.243 e. The van der Waals surface area contributed by atoms with E-state index in [0.29, 0.717) is 5.69 Å². The lowest BCUT2D eigenvalue weighted by Crippen LogP contribution is -2.57. The zero-order valence-electron chi connectivity index (χ0n) is 15.3. The summed E-state index contributed by atoms with van der Waals surface area (Å²) in [6.45, 7) is 0.321. The number of benzene rings is 2. The second-order valence-electron chi connectivity index (χ2n) is 6.22. The monoisotopic (exact) mass is 419 g/mol. The summed E-state index contributed by atoms with van der Waals surface area (Å²) in [4.78, 5) is 26.0. The molecule has 1 aliphatic rings. The van der Waals surface area contributed by atoms with Crippen LogP contribution in [-0.2, 0) is 19.6 Å². The maximum absolute atomic E-state index is 13.0. The van der Waals surface area contributed by atoms with E-state index in [-0.39, 0.29) is 24.4 Å². The molecule has 0 unspecified atom stereocenters. The topological polar surface area (TPSA) is 95.6 Å². The molecule has 2 aromatic carbocycles. The predicted molar refractivity (Wildman–Crippen MR) is 109 cm³/mol. The number of carbonyl (C=O) groups excluding carboxylic acids is 2. The molecule has 0 aliphatic carbocycles. The van der Waals surface area contributed by atoms with Crippen molar-refractivity contribution in [3.63, 3.8) is 0 Å². The van der Waals surface area contributed by atoms with Crippen LogP contribution >= 0.6 is 11.8 Å². The molecule has 1 fully saturated rings. The highest BCUT2D eigenvalue weighted by Crippen LogP contribution is 2.23. The number of hydrogen-bond acceptors (Lipinski definition) is 5. The van der Waals surface area contributed by atoms with E-state index in [4.69, 9.17) is 0 Å². The minimum absolute atomic E-state index is 0.0998. The van der Waals surface area contributed by atoms with Crippen molar-refractivity contribution in [2.75, 3.05) is 24.7 Å². The average Bonchev–Trinajstić information content (AvgIpc) is 2.70. The summed E-state index contributed by atoms with van der Waals surface area (Å²) in [7, 11) is -3.88. The van der Waals surface area contributed by atoms with Gasteiger partial charge in [-0.05, 0) is 36.6 Å². The van der Waals surface area contributed by atoms with E-state index in [1.807, 2.05) is 24.5 Å². The van der Waals surface area contributed by atoms with Crippen LogP contribution in [-0.4, -0.2) is 49.9 Å². The van der Waals surface area contributed by atoms with Gasteiger partial charge in [0.05, 0.1) is 11.3 Å². The number of nitrogens with zero attached hydrogens (tertiary/aromatic N) is 1. The number of nitrogens with one attached hydrogen (secondary N) is 2. The number of sulfonamides is 1. The van der Waals surface area contributed by atoms with Gasteiger partial charge < -0.3 is 10.6 Å². The first-order valence-electron chi connectivity index (χ1n) is 8.70. The van der Waals surface area contributed by atoms with Gasteiger partial charge in [0, 0.05) is 23.7 Å². The largest absolute Gasteiger partial charge is 0.353 e. The molecule has 1 aliphatic heterocycles. The zero-order valence-corrected chi connectivity index (χ0v) is 16.9. The summed E-state index contributed by atoms with van der Waals surface area (Å²) in [6, 6.07) is 14.1. The number of anilines is 1. The van der Waals surface area contributed by atoms with Crippen LogP contribution < -0.4 is 10.6 Å². The standard InChI is InChI=1S/C19H21N3O4S2/c1-27-15-7-5-6-14(12-15)21-18(23)13-17-19(24)20-10-11-22(17)28(25,26)16-8-3-2-4-9-16/h2-9,12,17H,10-11,13H2,1H3,(H,20,24)(H,21,23)/t17-/m0/s1. The van der Waals surface area contributed by atoms with E-state index < -0.39 is 27.9 Å². The molecule has 2 N–H and O–H groups in total. The Balaban J connectivity index is 1.79. The van der Waals surface area contributed by atoms with Gasteiger partial charge in [-0.3, -0.25) is 9.59 Å². The highest BCUT2D eigenvalue weighted by molar-refractivity contribution is 7.98. The minimum Gasteiger partial charge on any atom is -0.353 e. The van der Waals surface area contributed by atoms with Gasteiger partial charge in [0.1, 0.15) is 6.04 Å². The number of rotatable bonds is 6. The van der Waals surface area contributed by atoms with Gasteiger partial charge in [-0.15, -0.1) is 11.8 Å². The summed E-state index contributed by atoms with van der Waals surface area (Å²) < 4.78 is 27.1. The van der Waals surface area contributed by atoms with Crippen molar-refractivity contribution in [3.05, 3.63) is 54.6 Å². The van der Waals surface area contributed by atoms with Crippen molar-refractivity contribution in [1.82, 2.24) is 9.62 Å². The molecule has 0 saturated carbocycles. The third kappa shape index (κ3) is 4.54. The van der Waals surface area contributed by atoms with E-state index in [0.717, 1.165) is 9.20 Å². The summed E-state index contributed by atoms with van der Waals surface area (Å²) in [5, 5.41) is 5.39. The van der Waals surface area contributed by atoms with Crippen molar-refractivity contribution in [2.45, 2.75) is 22.3 Å². The highest BCUT2D eigenvalue weighted by Gasteiger charge is 2.39. The minimum atomic E-state index is -3.88. The Morgan fingerprint density at radius 3 is 2.68 bits per heavy atom. The first kappa shape index (κ1) is 20.4. The van der Waals surface area contributed by atoms with Crippen molar-refractivity contribution >= 4 is 39.3 Å². The summed E-state index contributed by atoms with van der Waals surface area (Å²) in [5.41, 5.74) is 0.602. The Hall–Kier alpha value is -2.36. The summed E-state index contributed by atoms with van der Waals surface area (Å²) in [6.07, 6.45) is 1.67. The Morgan fingerprint density at radius 1 is 1.21 bits per heavy atom. The molecular formula is C19H21N3O4S2. The van der Waals surface area contributed by atoms with Crippen LogP contribution in [0.25, 0.3) is 0 Å². The van der Waals surface area contributed by atoms with Crippen LogP contribution in [0.15, 0.2) is 64.4 Å². The molecule has 0 radical (unpaired) electrons. The zero-order chi connectivity index (χ0) is 20.1. The Labute approximate surface area is 168 Å². The van der Waals surface area contributed by atoms with Crippen LogP contribution in [0.1, 0.15) is 6.42 Å². The van der Waals surface area contributed by atoms with E-state index in [1.165, 1.54) is 12.1 Å². The third-order valence-corrected chi connectivity index (χ3v) is 7.01. The fraction of sp³-hybridized carbons (Fsp3) is 0.263. The lowest BCUT2D eigenvalue weighted by molar-refractivity contribution is -0.130. The maximum atomic E-state index is 13.0. The van der Waals surface area contributed by atoms with E-state index in [9.17, 15) is 18.0 Å². The molecule has 1 saturated heterocycles. The van der Waals surface area contributed by atoms with E-state index in [1.54, 1.807) is 36.0 Å². The van der Waals surface area contributed by atoms with Crippen molar-refractivity contribution < 1.29 is 18.0 Å². The molecule has 3 rings (SSSR count). The summed E-state index contributed by atoms with van der Waals surface area (Å²) >= 11 is 1.54. The quantitative estimate of drug-likeness (QED) is 0.698. The number of amides is 2. The van der Waals surface area contributed by atoms with Crippen molar-refractivity contribution in [3.8, 4) is 0 Å². The fourth-order valence-corrected chi connectivity index (χ4v) is 5.06. The van der Waals surface area contributed by atoms with E-state index >= 15 is 0 Å². The fourth-order valence-electron chi connectivity index (χ4n) is 2.99. The molecule has 7 nitrogen and oxygen atoms in total. The van der Waals surface area contributed by atoms with Crippen LogP contribution in [0.3, 0.4) is 0 Å². The molecule has 1 atom stereocenters.